The van der Waals surface area contributed by atoms with Crippen LogP contribution in [0.5, 0.6) is 0 Å². The van der Waals surface area contributed by atoms with Crippen molar-refractivity contribution in [2.75, 3.05) is 24.7 Å². The summed E-state index contributed by atoms with van der Waals surface area (Å²) in [5, 5.41) is 4.87. The molecule has 3 aliphatic rings. The lowest BCUT2D eigenvalue weighted by molar-refractivity contribution is -0.384. The third kappa shape index (κ3) is 2.60. The molecule has 0 saturated carbocycles. The molecule has 0 N–H and O–H groups in total. The van der Waals surface area contributed by atoms with Crippen LogP contribution in [0.15, 0.2) is 6.07 Å². The van der Waals surface area contributed by atoms with E-state index >= 15 is 0 Å². The van der Waals surface area contributed by atoms with E-state index in [1.165, 1.54) is 0 Å². The molecule has 0 radical (unpaired) electrons. The van der Waals surface area contributed by atoms with E-state index in [1.54, 1.807) is 0 Å². The third-order valence-electron chi connectivity index (χ3n) is 5.08. The average Bonchev–Trinajstić information content (AvgIpc) is 3.03. The molecule has 2 fully saturated rings. The summed E-state index contributed by atoms with van der Waals surface area (Å²) in [4.78, 5) is 11.3. The number of halogens is 1. The normalized spacial score (nSPS) is 27.7. The Bertz CT molecular complexity index is 851. The van der Waals surface area contributed by atoms with E-state index in [4.69, 9.17) is 25.8 Å². The quantitative estimate of drug-likeness (QED) is 0.742. The number of morpholine rings is 1. The summed E-state index contributed by atoms with van der Waals surface area (Å²) >= 11 is 6.28. The molecule has 5 heterocycles. The Morgan fingerprint density at radius 2 is 2.04 bits per heavy atom. The predicted molar refractivity (Wildman–Crippen MR) is 94.0 cm³/mol. The molecule has 0 aromatic carbocycles. The first-order valence-corrected chi connectivity index (χ1v) is 9.28. The Hall–Kier alpha value is -1.74. The molecular weight excluding hydrogens is 358 g/mol. The van der Waals surface area contributed by atoms with E-state index in [0.717, 1.165) is 48.0 Å². The summed E-state index contributed by atoms with van der Waals surface area (Å²) in [6.07, 6.45) is 0.225. The fourth-order valence-corrected chi connectivity index (χ4v) is 3.96. The van der Waals surface area contributed by atoms with Crippen molar-refractivity contribution in [3.05, 3.63) is 22.6 Å². The molecule has 0 aliphatic carbocycles. The Labute approximate surface area is 156 Å². The summed E-state index contributed by atoms with van der Waals surface area (Å²) in [6, 6.07) is 2.23. The van der Waals surface area contributed by atoms with Gasteiger partial charge >= 0.3 is 0 Å². The highest BCUT2D eigenvalue weighted by Crippen LogP contribution is 2.38. The molecule has 2 aromatic rings. The van der Waals surface area contributed by atoms with Gasteiger partial charge < -0.3 is 19.1 Å². The zero-order valence-corrected chi connectivity index (χ0v) is 15.4. The average molecular weight is 378 g/mol. The van der Waals surface area contributed by atoms with Crippen LogP contribution in [0, 0.1) is 0 Å². The van der Waals surface area contributed by atoms with Crippen LogP contribution in [0.3, 0.4) is 0 Å². The number of rotatable bonds is 2. The van der Waals surface area contributed by atoms with Gasteiger partial charge in [0.25, 0.3) is 0 Å². The van der Waals surface area contributed by atoms with Crippen LogP contribution < -0.4 is 4.90 Å². The molecule has 2 saturated heterocycles. The molecule has 8 nitrogen and oxygen atoms in total. The monoisotopic (exact) mass is 377 g/mol. The number of hydrogen-bond acceptors (Lipinski definition) is 7. The summed E-state index contributed by atoms with van der Waals surface area (Å²) in [6.45, 7) is 6.95. The molecule has 1 atom stereocenters. The van der Waals surface area contributed by atoms with Crippen molar-refractivity contribution >= 4 is 17.4 Å². The number of ether oxygens (including phenoxy) is 3. The van der Waals surface area contributed by atoms with Gasteiger partial charge in [0.05, 0.1) is 30.6 Å². The van der Waals surface area contributed by atoms with Gasteiger partial charge in [0.1, 0.15) is 11.5 Å². The maximum absolute atomic E-state index is 6.28. The van der Waals surface area contributed by atoms with Crippen LogP contribution in [-0.2, 0) is 27.2 Å². The van der Waals surface area contributed by atoms with Gasteiger partial charge in [-0.15, -0.1) is 0 Å². The van der Waals surface area contributed by atoms with Gasteiger partial charge in [0.15, 0.2) is 6.29 Å². The number of anilines is 1. The minimum absolute atomic E-state index is 0.183. The molecule has 138 valence electrons. The maximum Gasteiger partial charge on any atom is 0.224 e. The van der Waals surface area contributed by atoms with Crippen LogP contribution in [0.4, 0.5) is 5.82 Å². The van der Waals surface area contributed by atoms with E-state index in [-0.39, 0.29) is 17.6 Å². The topological polar surface area (TPSA) is 74.5 Å². The highest BCUT2D eigenvalue weighted by Gasteiger charge is 2.34. The van der Waals surface area contributed by atoms with Crippen LogP contribution in [0.25, 0.3) is 11.4 Å². The molecule has 0 bridgehead atoms. The number of hydrogen-bond donors (Lipinski definition) is 0. The Kier molecular flexibility index (Phi) is 3.89. The molecule has 3 aliphatic heterocycles. The van der Waals surface area contributed by atoms with Gasteiger partial charge in [0, 0.05) is 18.7 Å². The molecular formula is C17H20ClN5O3. The van der Waals surface area contributed by atoms with E-state index in [1.807, 2.05) is 17.7 Å². The van der Waals surface area contributed by atoms with Crippen molar-refractivity contribution in [2.24, 2.45) is 0 Å². The van der Waals surface area contributed by atoms with Crippen molar-refractivity contribution < 1.29 is 14.2 Å². The van der Waals surface area contributed by atoms with Gasteiger partial charge in [-0.3, -0.25) is 4.68 Å². The molecule has 26 heavy (non-hydrogen) atoms. The minimum atomic E-state index is -0.400. The fraction of sp³-hybridized carbons (Fsp3) is 0.588. The lowest BCUT2D eigenvalue weighted by Gasteiger charge is -2.36. The largest absolute Gasteiger partial charge is 0.377 e. The molecule has 0 unspecified atom stereocenters. The van der Waals surface area contributed by atoms with E-state index in [0.29, 0.717) is 13.2 Å². The molecule has 5 rings (SSSR count). The van der Waals surface area contributed by atoms with Gasteiger partial charge in [-0.25, -0.2) is 9.97 Å². The zero-order chi connectivity index (χ0) is 17.8. The Morgan fingerprint density at radius 3 is 2.81 bits per heavy atom. The second-order valence-corrected chi connectivity index (χ2v) is 7.20. The predicted octanol–water partition coefficient (Wildman–Crippen LogP) is 2.17. The van der Waals surface area contributed by atoms with E-state index in [2.05, 4.69) is 26.9 Å². The van der Waals surface area contributed by atoms with Crippen LogP contribution in [0.2, 0.25) is 5.28 Å². The summed E-state index contributed by atoms with van der Waals surface area (Å²) in [5.41, 5.74) is 3.66. The lowest BCUT2D eigenvalue weighted by Crippen LogP contribution is -2.45. The van der Waals surface area contributed by atoms with Crippen LogP contribution in [0.1, 0.15) is 31.4 Å². The van der Waals surface area contributed by atoms with Gasteiger partial charge in [-0.1, -0.05) is 0 Å². The third-order valence-corrected chi connectivity index (χ3v) is 5.25. The summed E-state index contributed by atoms with van der Waals surface area (Å²) in [5.74, 6) is 0.912. The first kappa shape index (κ1) is 16.4. The molecule has 0 amide bonds. The number of aryl methyl sites for hydroxylation is 1. The number of fused-ring (bicyclic) bond motifs is 3. The maximum atomic E-state index is 6.28. The lowest BCUT2D eigenvalue weighted by atomic mass is 10.0. The van der Waals surface area contributed by atoms with E-state index in [9.17, 15) is 0 Å². The highest BCUT2D eigenvalue weighted by atomic mass is 35.5. The number of nitrogens with zero attached hydrogens (tertiary/aromatic N) is 5. The van der Waals surface area contributed by atoms with Crippen LogP contribution >= 0.6 is 11.6 Å². The van der Waals surface area contributed by atoms with Crippen LogP contribution in [-0.4, -0.2) is 51.8 Å². The van der Waals surface area contributed by atoms with Crippen molar-refractivity contribution in [2.45, 2.75) is 45.4 Å². The second-order valence-electron chi connectivity index (χ2n) is 6.86. The minimum Gasteiger partial charge on any atom is -0.377 e. The first-order chi connectivity index (χ1) is 12.6. The molecule has 9 heteroatoms. The Morgan fingerprint density at radius 1 is 1.19 bits per heavy atom. The van der Waals surface area contributed by atoms with Crippen molar-refractivity contribution in [3.63, 3.8) is 0 Å². The van der Waals surface area contributed by atoms with E-state index < -0.39 is 6.29 Å². The zero-order valence-electron chi connectivity index (χ0n) is 14.7. The first-order valence-electron chi connectivity index (χ1n) is 8.90. The Balaban J connectivity index is 1.56. The summed E-state index contributed by atoms with van der Waals surface area (Å²) < 4.78 is 18.6. The van der Waals surface area contributed by atoms with Gasteiger partial charge in [0.2, 0.25) is 11.6 Å². The highest BCUT2D eigenvalue weighted by molar-refractivity contribution is 6.28. The van der Waals surface area contributed by atoms with Gasteiger partial charge in [-0.05, 0) is 37.9 Å². The number of aromatic nitrogens is 4. The van der Waals surface area contributed by atoms with Gasteiger partial charge in [-0.2, -0.15) is 5.10 Å². The molecule has 2 aromatic heterocycles. The van der Waals surface area contributed by atoms with Crippen molar-refractivity contribution in [1.82, 2.24) is 19.7 Å². The summed E-state index contributed by atoms with van der Waals surface area (Å²) in [7, 11) is 0. The smallest absolute Gasteiger partial charge is 0.224 e. The van der Waals surface area contributed by atoms with Crippen molar-refractivity contribution in [3.8, 4) is 11.4 Å². The van der Waals surface area contributed by atoms with Crippen molar-refractivity contribution in [1.29, 1.82) is 0 Å². The standard InChI is InChI=1S/C17H20ClN5O3/c1-9-8-24-6-5-22(9)15-11-3-4-23-13(14(11)19-17(18)20-15)7-12(21-23)16-25-10(2)26-16/h7,9-10,16H,3-6,8H2,1-2H3/t9-,10?,16?/m0/s1. The fourth-order valence-electron chi connectivity index (χ4n) is 3.80. The second kappa shape index (κ2) is 6.16. The SMILES string of the molecule is CC1OC(c2cc3n(n2)CCc2c-3nc(Cl)nc2N2CCOC[C@@H]2C)O1. The molecule has 0 spiro atoms.